The molecule has 9 nitrogen and oxygen atoms in total. The average molecular weight is 405 g/mol. The van der Waals surface area contributed by atoms with Crippen LogP contribution in [0.15, 0.2) is 30.5 Å². The lowest BCUT2D eigenvalue weighted by Crippen LogP contribution is -2.34. The zero-order valence-electron chi connectivity index (χ0n) is 14.6. The van der Waals surface area contributed by atoms with E-state index in [0.717, 1.165) is 5.69 Å². The van der Waals surface area contributed by atoms with Gasteiger partial charge in [0.05, 0.1) is 24.4 Å². The monoisotopic (exact) mass is 404 g/mol. The Hall–Kier alpha value is -2.46. The van der Waals surface area contributed by atoms with E-state index in [-0.39, 0.29) is 43.4 Å². The number of halogens is 1. The van der Waals surface area contributed by atoms with Gasteiger partial charge in [0, 0.05) is 6.20 Å². The Morgan fingerprint density at radius 3 is 2.96 bits per heavy atom. The molecule has 4 atom stereocenters. The Balaban J connectivity index is 1.32. The molecule has 2 saturated heterocycles. The molecule has 2 N–H and O–H groups in total. The van der Waals surface area contributed by atoms with Crippen LogP contribution in [-0.2, 0) is 16.1 Å². The quantitative estimate of drug-likeness (QED) is 0.658. The van der Waals surface area contributed by atoms with Crippen molar-refractivity contribution in [3.8, 4) is 11.9 Å². The number of hydrogen-bond acceptors (Lipinski definition) is 8. The fourth-order valence-corrected chi connectivity index (χ4v) is 3.56. The lowest BCUT2D eigenvalue weighted by atomic mass is 10.1. The van der Waals surface area contributed by atoms with E-state index in [4.69, 9.17) is 30.5 Å². The summed E-state index contributed by atoms with van der Waals surface area (Å²) in [4.78, 5) is 15.9. The molecule has 0 unspecified atom stereocenters. The number of aliphatic hydroxyl groups excluding tert-OH is 1. The van der Waals surface area contributed by atoms with Crippen molar-refractivity contribution in [1.29, 1.82) is 0 Å². The van der Waals surface area contributed by atoms with Crippen molar-refractivity contribution in [3.63, 3.8) is 0 Å². The van der Waals surface area contributed by atoms with Gasteiger partial charge in [-0.3, -0.25) is 4.98 Å². The largest absolute Gasteiger partial charge is 0.470 e. The van der Waals surface area contributed by atoms with Crippen LogP contribution in [0, 0.1) is 0 Å². The molecule has 0 aromatic carbocycles. The number of aliphatic hydroxyl groups is 1. The van der Waals surface area contributed by atoms with E-state index in [9.17, 15) is 5.11 Å². The van der Waals surface area contributed by atoms with Crippen molar-refractivity contribution in [2.45, 2.75) is 31.0 Å². The molecule has 0 radical (unpaired) electrons. The third-order valence-corrected chi connectivity index (χ3v) is 4.97. The summed E-state index contributed by atoms with van der Waals surface area (Å²) in [5.41, 5.74) is 1.80. The molecule has 3 aromatic rings. The number of hydrogen-bond donors (Lipinski definition) is 2. The zero-order chi connectivity index (χ0) is 19.1. The molecule has 10 heteroatoms. The van der Waals surface area contributed by atoms with Gasteiger partial charge in [-0.05, 0) is 18.2 Å². The number of rotatable bonds is 5. The lowest BCUT2D eigenvalue weighted by molar-refractivity contribution is 0.00706. The molecule has 2 fully saturated rings. The van der Waals surface area contributed by atoms with E-state index in [1.54, 1.807) is 12.3 Å². The second-order valence-electron chi connectivity index (χ2n) is 6.62. The normalized spacial score (nSPS) is 26.5. The third-order valence-electron chi connectivity index (χ3n) is 4.70. The first-order valence-electron chi connectivity index (χ1n) is 8.84. The number of nitrogens with zero attached hydrogens (tertiary/aromatic N) is 3. The topological polar surface area (TPSA) is 112 Å². The first kappa shape index (κ1) is 17.6. The highest BCUT2D eigenvalue weighted by atomic mass is 35.5. The molecule has 0 bridgehead atoms. The molecule has 5 rings (SSSR count). The summed E-state index contributed by atoms with van der Waals surface area (Å²) in [7, 11) is 0. The molecule has 2 aliphatic heterocycles. The Morgan fingerprint density at radius 1 is 1.21 bits per heavy atom. The van der Waals surface area contributed by atoms with Crippen molar-refractivity contribution in [1.82, 2.24) is 19.9 Å². The maximum atomic E-state index is 9.82. The Kier molecular flexibility index (Phi) is 4.52. The SMILES string of the molecule is O[C@@H]1CO[C@H]2[C@@H]1OC[C@H]2Oc1nc2nc(OCc3ccccn3)c(Cl)cc2[nH]1. The third kappa shape index (κ3) is 3.26. The smallest absolute Gasteiger partial charge is 0.296 e. The van der Waals surface area contributed by atoms with Crippen LogP contribution >= 0.6 is 11.6 Å². The maximum Gasteiger partial charge on any atom is 0.296 e. The van der Waals surface area contributed by atoms with Gasteiger partial charge in [-0.1, -0.05) is 17.7 Å². The summed E-state index contributed by atoms with van der Waals surface area (Å²) in [5, 5.41) is 10.2. The van der Waals surface area contributed by atoms with Crippen molar-refractivity contribution in [2.24, 2.45) is 0 Å². The van der Waals surface area contributed by atoms with E-state index < -0.39 is 6.10 Å². The highest BCUT2D eigenvalue weighted by Gasteiger charge is 2.48. The standard InChI is InChI=1S/C18H17ClN4O5/c19-10-5-11-16(22-17(10)27-6-9-3-1-2-4-20-9)23-18(21-11)28-13-8-26-14-12(24)7-25-15(13)14/h1-5,12-15,24H,6-8H2,(H,21,22,23)/t12-,13-,14-,15-/m1/s1. The Labute approximate surface area is 164 Å². The van der Waals surface area contributed by atoms with Crippen molar-refractivity contribution >= 4 is 22.8 Å². The summed E-state index contributed by atoms with van der Waals surface area (Å²) < 4.78 is 22.7. The number of pyridine rings is 2. The number of aromatic amines is 1. The Morgan fingerprint density at radius 2 is 2.11 bits per heavy atom. The van der Waals surface area contributed by atoms with Gasteiger partial charge in [0.1, 0.15) is 29.9 Å². The minimum absolute atomic E-state index is 0.240. The van der Waals surface area contributed by atoms with E-state index in [2.05, 4.69) is 19.9 Å². The van der Waals surface area contributed by atoms with Gasteiger partial charge in [-0.15, -0.1) is 0 Å². The molecule has 2 aliphatic rings. The molecular weight excluding hydrogens is 388 g/mol. The van der Waals surface area contributed by atoms with E-state index in [1.165, 1.54) is 0 Å². The van der Waals surface area contributed by atoms with Crippen LogP contribution in [0.3, 0.4) is 0 Å². The fourth-order valence-electron chi connectivity index (χ4n) is 3.35. The average Bonchev–Trinajstić information content (AvgIpc) is 3.38. The Bertz CT molecular complexity index is 985. The minimum Gasteiger partial charge on any atom is -0.470 e. The summed E-state index contributed by atoms with van der Waals surface area (Å²) in [6, 6.07) is 7.53. The van der Waals surface area contributed by atoms with E-state index >= 15 is 0 Å². The van der Waals surface area contributed by atoms with Crippen molar-refractivity contribution in [3.05, 3.63) is 41.2 Å². The number of ether oxygens (including phenoxy) is 4. The summed E-state index contributed by atoms with van der Waals surface area (Å²) in [6.07, 6.45) is 0.00990. The molecule has 0 aliphatic carbocycles. The van der Waals surface area contributed by atoms with Gasteiger partial charge >= 0.3 is 0 Å². The van der Waals surface area contributed by atoms with Crippen LogP contribution in [-0.4, -0.2) is 62.7 Å². The molecule has 3 aromatic heterocycles. The van der Waals surface area contributed by atoms with Crippen LogP contribution in [0.5, 0.6) is 11.9 Å². The predicted octanol–water partition coefficient (Wildman–Crippen LogP) is 1.49. The van der Waals surface area contributed by atoms with Crippen molar-refractivity contribution < 1.29 is 24.1 Å². The number of nitrogens with one attached hydrogen (secondary N) is 1. The van der Waals surface area contributed by atoms with E-state index in [1.807, 2.05) is 18.2 Å². The van der Waals surface area contributed by atoms with Crippen LogP contribution < -0.4 is 9.47 Å². The first-order chi connectivity index (χ1) is 13.7. The second-order valence-corrected chi connectivity index (χ2v) is 7.02. The van der Waals surface area contributed by atoms with E-state index in [0.29, 0.717) is 22.8 Å². The molecule has 0 amide bonds. The molecule has 146 valence electrons. The summed E-state index contributed by atoms with van der Waals surface area (Å²) >= 11 is 6.27. The van der Waals surface area contributed by atoms with Gasteiger partial charge < -0.3 is 29.0 Å². The first-order valence-corrected chi connectivity index (χ1v) is 9.22. The summed E-state index contributed by atoms with van der Waals surface area (Å²) in [5.74, 6) is 0.268. The fraction of sp³-hybridized carbons (Fsp3) is 0.389. The highest BCUT2D eigenvalue weighted by molar-refractivity contribution is 6.32. The number of imidazole rings is 1. The van der Waals surface area contributed by atoms with Crippen molar-refractivity contribution in [2.75, 3.05) is 13.2 Å². The van der Waals surface area contributed by atoms with Crippen LogP contribution in [0.1, 0.15) is 5.69 Å². The highest BCUT2D eigenvalue weighted by Crippen LogP contribution is 2.31. The van der Waals surface area contributed by atoms with Crippen LogP contribution in [0.25, 0.3) is 11.2 Å². The molecule has 0 spiro atoms. The number of aromatic nitrogens is 4. The van der Waals surface area contributed by atoms with Crippen LogP contribution in [0.2, 0.25) is 5.02 Å². The minimum atomic E-state index is -0.631. The second kappa shape index (κ2) is 7.17. The predicted molar refractivity (Wildman–Crippen MR) is 97.4 cm³/mol. The molecule has 28 heavy (non-hydrogen) atoms. The maximum absolute atomic E-state index is 9.82. The zero-order valence-corrected chi connectivity index (χ0v) is 15.4. The molecule has 5 heterocycles. The molecular formula is C18H17ClN4O5. The van der Waals surface area contributed by atoms with Gasteiger partial charge in [0.25, 0.3) is 6.01 Å². The van der Waals surface area contributed by atoms with Crippen LogP contribution in [0.4, 0.5) is 0 Å². The lowest BCUT2D eigenvalue weighted by Gasteiger charge is -2.15. The van der Waals surface area contributed by atoms with Gasteiger partial charge in [-0.25, -0.2) is 0 Å². The van der Waals surface area contributed by atoms with Gasteiger partial charge in [0.15, 0.2) is 11.8 Å². The van der Waals surface area contributed by atoms with Gasteiger partial charge in [-0.2, -0.15) is 9.97 Å². The summed E-state index contributed by atoms with van der Waals surface area (Å²) in [6.45, 7) is 0.800. The number of H-pyrrole nitrogens is 1. The molecule has 0 saturated carbocycles. The number of fused-ring (bicyclic) bond motifs is 2. The van der Waals surface area contributed by atoms with Gasteiger partial charge in [0.2, 0.25) is 5.88 Å².